The van der Waals surface area contributed by atoms with Gasteiger partial charge < -0.3 is 14.3 Å². The lowest BCUT2D eigenvalue weighted by Gasteiger charge is -2.22. The number of H-pyrrole nitrogens is 1. The van der Waals surface area contributed by atoms with E-state index in [4.69, 9.17) is 4.74 Å². The predicted octanol–water partition coefficient (Wildman–Crippen LogP) is 0.381. The minimum Gasteiger partial charge on any atom is -0.454 e. The Morgan fingerprint density at radius 2 is 2.32 bits per heavy atom. The Morgan fingerprint density at radius 3 is 3.00 bits per heavy atom. The number of esters is 1. The van der Waals surface area contributed by atoms with Gasteiger partial charge in [-0.3, -0.25) is 4.79 Å². The molecule has 1 N–H and O–H groups in total. The molecule has 1 aliphatic rings. The highest BCUT2D eigenvalue weighted by molar-refractivity contribution is 5.90. The van der Waals surface area contributed by atoms with E-state index in [1.807, 2.05) is 6.92 Å². The van der Waals surface area contributed by atoms with Crippen LogP contribution in [0.1, 0.15) is 13.3 Å². The first kappa shape index (κ1) is 11.6. The summed E-state index contributed by atoms with van der Waals surface area (Å²) in [6, 6.07) is 0. The van der Waals surface area contributed by atoms with Gasteiger partial charge in [-0.05, 0) is 6.92 Å². The topological polar surface area (TPSA) is 89.9 Å². The van der Waals surface area contributed by atoms with Crippen LogP contribution in [0.4, 0.5) is 0 Å². The van der Waals surface area contributed by atoms with Crippen LogP contribution >= 0.6 is 0 Å². The third kappa shape index (κ3) is 1.83. The van der Waals surface area contributed by atoms with Crippen molar-refractivity contribution >= 4 is 17.1 Å². The van der Waals surface area contributed by atoms with Crippen LogP contribution in [0.3, 0.4) is 0 Å². The van der Waals surface area contributed by atoms with Gasteiger partial charge in [0.1, 0.15) is 5.60 Å². The third-order valence-electron chi connectivity index (χ3n) is 3.13. The monoisotopic (exact) mass is 260 g/mol. The molecule has 0 saturated carbocycles. The Kier molecular flexibility index (Phi) is 2.31. The molecule has 3 heterocycles. The normalized spacial score (nSPS) is 23.0. The second-order valence-electron chi connectivity index (χ2n) is 4.90. The van der Waals surface area contributed by atoms with E-state index in [2.05, 4.69) is 21.5 Å². The molecule has 7 heteroatoms. The maximum Gasteiger partial charge on any atom is 0.334 e. The number of nitrogens with one attached hydrogen (secondary N) is 1. The quantitative estimate of drug-likeness (QED) is 0.622. The summed E-state index contributed by atoms with van der Waals surface area (Å²) < 4.78 is 7.02. The van der Waals surface area contributed by atoms with Crippen LogP contribution in [0.15, 0.2) is 29.6 Å². The molecule has 0 bridgehead atoms. The van der Waals surface area contributed by atoms with E-state index in [0.717, 1.165) is 0 Å². The number of fused-ring (bicyclic) bond motifs is 1. The Hall–Kier alpha value is -2.44. The molecule has 2 aromatic heterocycles. The van der Waals surface area contributed by atoms with Crippen molar-refractivity contribution in [2.45, 2.75) is 25.5 Å². The minimum absolute atomic E-state index is 0.272. The molecule has 3 rings (SSSR count). The first-order valence-electron chi connectivity index (χ1n) is 5.78. The van der Waals surface area contributed by atoms with Gasteiger partial charge in [0.05, 0.1) is 19.2 Å². The Balaban J connectivity index is 1.99. The number of imidazole rings is 1. The largest absolute Gasteiger partial charge is 0.454 e. The lowest BCUT2D eigenvalue weighted by Crippen LogP contribution is -2.30. The lowest BCUT2D eigenvalue weighted by molar-refractivity contribution is -0.145. The van der Waals surface area contributed by atoms with E-state index in [0.29, 0.717) is 24.2 Å². The molecule has 2 aromatic rings. The summed E-state index contributed by atoms with van der Waals surface area (Å²) in [5.74, 6) is -0.377. The molecule has 19 heavy (non-hydrogen) atoms. The van der Waals surface area contributed by atoms with E-state index >= 15 is 0 Å². The van der Waals surface area contributed by atoms with Gasteiger partial charge in [0.25, 0.3) is 5.56 Å². The van der Waals surface area contributed by atoms with Crippen LogP contribution in [-0.4, -0.2) is 31.1 Å². The van der Waals surface area contributed by atoms with Crippen molar-refractivity contribution in [3.05, 3.63) is 35.2 Å². The van der Waals surface area contributed by atoms with Crippen LogP contribution in [0.5, 0.6) is 0 Å². The molecule has 0 aliphatic carbocycles. The first-order chi connectivity index (χ1) is 8.98. The number of carbonyl (C=O) groups is 1. The number of aromatic nitrogens is 4. The Labute approximate surface area is 107 Å². The van der Waals surface area contributed by atoms with Crippen molar-refractivity contribution in [1.29, 1.82) is 0 Å². The summed E-state index contributed by atoms with van der Waals surface area (Å²) in [5, 5.41) is 0. The highest BCUT2D eigenvalue weighted by Gasteiger charge is 2.39. The second-order valence-corrected chi connectivity index (χ2v) is 4.90. The van der Waals surface area contributed by atoms with Crippen LogP contribution < -0.4 is 5.56 Å². The second kappa shape index (κ2) is 3.78. The molecule has 0 spiro atoms. The summed E-state index contributed by atoms with van der Waals surface area (Å²) in [7, 11) is 0. The van der Waals surface area contributed by atoms with Gasteiger partial charge >= 0.3 is 5.97 Å². The molecule has 0 amide bonds. The van der Waals surface area contributed by atoms with Crippen LogP contribution in [0.25, 0.3) is 11.2 Å². The molecule has 98 valence electrons. The number of hydrogen-bond donors (Lipinski definition) is 1. The van der Waals surface area contributed by atoms with Crippen LogP contribution in [0, 0.1) is 0 Å². The fraction of sp³-hybridized carbons (Fsp3) is 0.333. The smallest absolute Gasteiger partial charge is 0.334 e. The van der Waals surface area contributed by atoms with E-state index in [-0.39, 0.29) is 17.0 Å². The summed E-state index contributed by atoms with van der Waals surface area (Å²) in [6.45, 7) is 5.87. The Bertz CT molecular complexity index is 727. The molecular weight excluding hydrogens is 248 g/mol. The van der Waals surface area contributed by atoms with Crippen molar-refractivity contribution in [3.63, 3.8) is 0 Å². The number of cyclic esters (lactones) is 1. The zero-order chi connectivity index (χ0) is 13.6. The molecule has 1 aliphatic heterocycles. The molecule has 1 saturated heterocycles. The summed E-state index contributed by atoms with van der Waals surface area (Å²) in [6.07, 6.45) is 3.30. The lowest BCUT2D eigenvalue weighted by atomic mass is 10.0. The van der Waals surface area contributed by atoms with E-state index in [1.165, 1.54) is 12.7 Å². The molecule has 1 atom stereocenters. The summed E-state index contributed by atoms with van der Waals surface area (Å²) >= 11 is 0. The molecule has 1 fully saturated rings. The standard InChI is InChI=1S/C12H12N4O3/c1-7-3-12(2,19-11(7)18)4-16-6-15-8-9(16)13-5-14-10(8)17/h5-6H,1,3-4H2,2H3,(H,13,14,17). The summed E-state index contributed by atoms with van der Waals surface area (Å²) in [4.78, 5) is 33.5. The number of aromatic amines is 1. The minimum atomic E-state index is -0.675. The van der Waals surface area contributed by atoms with Gasteiger partial charge in [-0.15, -0.1) is 0 Å². The molecule has 0 radical (unpaired) electrons. The predicted molar refractivity (Wildman–Crippen MR) is 66.4 cm³/mol. The van der Waals surface area contributed by atoms with E-state index in [1.54, 1.807) is 4.57 Å². The number of rotatable bonds is 2. The molecule has 0 aromatic carbocycles. The van der Waals surface area contributed by atoms with E-state index < -0.39 is 5.60 Å². The van der Waals surface area contributed by atoms with Gasteiger partial charge in [-0.1, -0.05) is 6.58 Å². The average Bonchev–Trinajstić information content (AvgIpc) is 2.83. The van der Waals surface area contributed by atoms with Crippen molar-refractivity contribution < 1.29 is 9.53 Å². The Morgan fingerprint density at radius 1 is 1.53 bits per heavy atom. The zero-order valence-electron chi connectivity index (χ0n) is 10.3. The van der Waals surface area contributed by atoms with Gasteiger partial charge in [0.2, 0.25) is 0 Å². The third-order valence-corrected chi connectivity index (χ3v) is 3.13. The van der Waals surface area contributed by atoms with Crippen molar-refractivity contribution in [2.24, 2.45) is 0 Å². The van der Waals surface area contributed by atoms with Crippen molar-refractivity contribution in [3.8, 4) is 0 Å². The SMILES string of the molecule is C=C1CC(C)(Cn2cnc3c(=O)[nH]cnc32)OC1=O. The van der Waals surface area contributed by atoms with Crippen molar-refractivity contribution in [1.82, 2.24) is 19.5 Å². The fourth-order valence-electron chi connectivity index (χ4n) is 2.31. The maximum atomic E-state index is 11.5. The highest BCUT2D eigenvalue weighted by atomic mass is 16.6. The number of carbonyl (C=O) groups excluding carboxylic acids is 1. The van der Waals surface area contributed by atoms with Gasteiger partial charge in [0.15, 0.2) is 11.2 Å². The average molecular weight is 260 g/mol. The number of hydrogen-bond acceptors (Lipinski definition) is 5. The zero-order valence-corrected chi connectivity index (χ0v) is 10.3. The number of nitrogens with zero attached hydrogens (tertiary/aromatic N) is 3. The van der Waals surface area contributed by atoms with E-state index in [9.17, 15) is 9.59 Å². The van der Waals surface area contributed by atoms with Gasteiger partial charge in [0, 0.05) is 12.0 Å². The first-order valence-corrected chi connectivity index (χ1v) is 5.78. The molecule has 7 nitrogen and oxygen atoms in total. The molecular formula is C12H12N4O3. The number of ether oxygens (including phenoxy) is 1. The van der Waals surface area contributed by atoms with Crippen LogP contribution in [-0.2, 0) is 16.1 Å². The van der Waals surface area contributed by atoms with Gasteiger partial charge in [-0.2, -0.15) is 0 Å². The summed E-state index contributed by atoms with van der Waals surface area (Å²) in [5.41, 5.74) is 0.235. The fourth-order valence-corrected chi connectivity index (χ4v) is 2.31. The maximum absolute atomic E-state index is 11.5. The molecule has 1 unspecified atom stereocenters. The van der Waals surface area contributed by atoms with Crippen LogP contribution in [0.2, 0.25) is 0 Å². The van der Waals surface area contributed by atoms with Gasteiger partial charge in [-0.25, -0.2) is 14.8 Å². The highest BCUT2D eigenvalue weighted by Crippen LogP contribution is 2.31. The van der Waals surface area contributed by atoms with Crippen molar-refractivity contribution in [2.75, 3.05) is 0 Å².